The molecule has 1 aromatic carbocycles. The first-order chi connectivity index (χ1) is 10.3. The van der Waals surface area contributed by atoms with Crippen molar-refractivity contribution in [2.45, 2.75) is 12.0 Å². The number of fused-ring (bicyclic) bond motifs is 1. The van der Waals surface area contributed by atoms with Crippen molar-refractivity contribution in [1.82, 2.24) is 0 Å². The number of carbonyl (C=O) groups excluding carboxylic acids is 2. The van der Waals surface area contributed by atoms with Crippen LogP contribution in [0.25, 0.3) is 0 Å². The number of anilines is 1. The lowest BCUT2D eigenvalue weighted by molar-refractivity contribution is -0.135. The molecular weight excluding hydrogens is 345 g/mol. The molecule has 3 rings (SSSR count). The highest BCUT2D eigenvalue weighted by Crippen LogP contribution is 2.43. The maximum Gasteiger partial charge on any atom is 0.263 e. The van der Waals surface area contributed by atoms with E-state index in [-0.39, 0.29) is 12.2 Å². The van der Waals surface area contributed by atoms with E-state index in [0.717, 1.165) is 11.3 Å². The minimum atomic E-state index is -1.90. The Hall–Kier alpha value is -1.40. The van der Waals surface area contributed by atoms with Gasteiger partial charge in [0.15, 0.2) is 11.4 Å². The van der Waals surface area contributed by atoms with Gasteiger partial charge < -0.3 is 10.0 Å². The van der Waals surface area contributed by atoms with Gasteiger partial charge in [-0.05, 0) is 30.3 Å². The lowest BCUT2D eigenvalue weighted by Crippen LogP contribution is -2.40. The number of likely N-dealkylation sites (N-methyl/N-ethyl adjacent to an activating group) is 1. The van der Waals surface area contributed by atoms with Crippen LogP contribution >= 0.6 is 34.5 Å². The van der Waals surface area contributed by atoms with Crippen molar-refractivity contribution in [2.75, 3.05) is 11.9 Å². The summed E-state index contributed by atoms with van der Waals surface area (Å²) in [4.78, 5) is 26.5. The predicted octanol–water partition coefficient (Wildman–Crippen LogP) is 3.49. The molecule has 0 unspecified atom stereocenters. The molecule has 0 saturated heterocycles. The van der Waals surface area contributed by atoms with Crippen LogP contribution in [-0.4, -0.2) is 23.8 Å². The maximum absolute atomic E-state index is 12.4. The van der Waals surface area contributed by atoms with Gasteiger partial charge in [0.1, 0.15) is 0 Å². The number of hydrogen-bond donors (Lipinski definition) is 1. The second-order valence-corrected chi connectivity index (χ2v) is 7.24. The summed E-state index contributed by atoms with van der Waals surface area (Å²) in [5.74, 6) is -0.880. The zero-order valence-electron chi connectivity index (χ0n) is 11.5. The standard InChI is InChI=1S/C15H11Cl2NO3S/c1-18-10-3-2-8(16)6-9(10)15(21,14(18)20)7-11(19)12-4-5-13(17)22-12/h2-6,21H,7H2,1H3/t15-/m0/s1. The third-order valence-electron chi connectivity index (χ3n) is 3.69. The van der Waals surface area contributed by atoms with Crippen molar-refractivity contribution in [3.63, 3.8) is 0 Å². The van der Waals surface area contributed by atoms with E-state index in [1.807, 2.05) is 0 Å². The van der Waals surface area contributed by atoms with Gasteiger partial charge >= 0.3 is 0 Å². The number of carbonyl (C=O) groups is 2. The van der Waals surface area contributed by atoms with Gasteiger partial charge in [-0.15, -0.1) is 11.3 Å². The quantitative estimate of drug-likeness (QED) is 0.857. The maximum atomic E-state index is 12.4. The van der Waals surface area contributed by atoms with Crippen LogP contribution in [0.5, 0.6) is 0 Å². The number of halogens is 2. The number of aliphatic hydroxyl groups is 1. The fraction of sp³-hybridized carbons (Fsp3) is 0.200. The summed E-state index contributed by atoms with van der Waals surface area (Å²) in [6, 6.07) is 8.00. The summed E-state index contributed by atoms with van der Waals surface area (Å²) in [6.45, 7) is 0. The van der Waals surface area contributed by atoms with E-state index in [4.69, 9.17) is 23.2 Å². The Morgan fingerprint density at radius 3 is 2.68 bits per heavy atom. The van der Waals surface area contributed by atoms with E-state index in [1.165, 1.54) is 11.0 Å². The lowest BCUT2D eigenvalue weighted by Gasteiger charge is -2.20. The molecule has 1 aliphatic rings. The predicted molar refractivity (Wildman–Crippen MR) is 87.0 cm³/mol. The normalized spacial score (nSPS) is 20.4. The molecule has 0 spiro atoms. The van der Waals surface area contributed by atoms with Crippen molar-refractivity contribution in [3.05, 3.63) is 50.1 Å². The number of rotatable bonds is 3. The van der Waals surface area contributed by atoms with E-state index in [2.05, 4.69) is 0 Å². The lowest BCUT2D eigenvalue weighted by atomic mass is 9.89. The third kappa shape index (κ3) is 2.34. The Morgan fingerprint density at radius 1 is 1.32 bits per heavy atom. The van der Waals surface area contributed by atoms with Crippen LogP contribution in [0.2, 0.25) is 9.36 Å². The van der Waals surface area contributed by atoms with Crippen molar-refractivity contribution in [3.8, 4) is 0 Å². The first kappa shape index (κ1) is 15.5. The molecule has 0 radical (unpaired) electrons. The number of ketones is 1. The molecule has 0 bridgehead atoms. The van der Waals surface area contributed by atoms with Crippen molar-refractivity contribution < 1.29 is 14.7 Å². The van der Waals surface area contributed by atoms with Crippen LogP contribution in [0.15, 0.2) is 30.3 Å². The van der Waals surface area contributed by atoms with E-state index in [9.17, 15) is 14.7 Å². The van der Waals surface area contributed by atoms with Crippen molar-refractivity contribution in [1.29, 1.82) is 0 Å². The largest absolute Gasteiger partial charge is 0.375 e. The van der Waals surface area contributed by atoms with Crippen LogP contribution < -0.4 is 4.90 Å². The Kier molecular flexibility index (Phi) is 3.77. The highest BCUT2D eigenvalue weighted by atomic mass is 35.5. The fourth-order valence-electron chi connectivity index (χ4n) is 2.59. The van der Waals surface area contributed by atoms with Gasteiger partial charge in [-0.1, -0.05) is 23.2 Å². The summed E-state index contributed by atoms with van der Waals surface area (Å²) < 4.78 is 0.480. The number of Topliss-reactive ketones (excluding diaryl/α,β-unsaturated/α-hetero) is 1. The topological polar surface area (TPSA) is 57.6 Å². The molecule has 4 nitrogen and oxygen atoms in total. The van der Waals surface area contributed by atoms with Crippen molar-refractivity contribution in [2.24, 2.45) is 0 Å². The van der Waals surface area contributed by atoms with Gasteiger partial charge in [0.2, 0.25) is 0 Å². The molecule has 0 aliphatic carbocycles. The minimum absolute atomic E-state index is 0.339. The number of nitrogens with zero attached hydrogens (tertiary/aromatic N) is 1. The first-order valence-electron chi connectivity index (χ1n) is 6.42. The van der Waals surface area contributed by atoms with Gasteiger partial charge in [0, 0.05) is 17.6 Å². The van der Waals surface area contributed by atoms with Crippen LogP contribution in [0.3, 0.4) is 0 Å². The molecule has 2 aromatic rings. The highest BCUT2D eigenvalue weighted by Gasteiger charge is 2.49. The Bertz CT molecular complexity index is 789. The van der Waals surface area contributed by atoms with Crippen LogP contribution in [0.1, 0.15) is 21.7 Å². The Morgan fingerprint density at radius 2 is 2.05 bits per heavy atom. The van der Waals surface area contributed by atoms with Crippen LogP contribution in [0, 0.1) is 0 Å². The molecule has 1 N–H and O–H groups in total. The SMILES string of the molecule is CN1C(=O)[C@](O)(CC(=O)c2ccc(Cl)s2)c2cc(Cl)ccc21. The van der Waals surface area contributed by atoms with Crippen LogP contribution in [0.4, 0.5) is 5.69 Å². The fourth-order valence-corrected chi connectivity index (χ4v) is 3.74. The molecule has 114 valence electrons. The molecule has 1 atom stereocenters. The second-order valence-electron chi connectivity index (χ2n) is 5.09. The molecule has 1 aliphatic heterocycles. The van der Waals surface area contributed by atoms with Gasteiger partial charge in [-0.2, -0.15) is 0 Å². The van der Waals surface area contributed by atoms with Crippen LogP contribution in [-0.2, 0) is 10.4 Å². The average Bonchev–Trinajstić information content (AvgIpc) is 2.98. The van der Waals surface area contributed by atoms with Gasteiger partial charge in [-0.3, -0.25) is 9.59 Å². The number of thiophene rings is 1. The summed E-state index contributed by atoms with van der Waals surface area (Å²) in [7, 11) is 1.56. The van der Waals surface area contributed by atoms with Gasteiger partial charge in [-0.25, -0.2) is 0 Å². The molecule has 1 aromatic heterocycles. The van der Waals surface area contributed by atoms with E-state index in [1.54, 1.807) is 31.3 Å². The van der Waals surface area contributed by atoms with Crippen molar-refractivity contribution >= 4 is 51.9 Å². The number of benzene rings is 1. The summed E-state index contributed by atoms with van der Waals surface area (Å²) in [5.41, 5.74) is -1.000. The van der Waals surface area contributed by atoms with Gasteiger partial charge in [0.25, 0.3) is 5.91 Å². The molecule has 0 saturated carbocycles. The number of amides is 1. The highest BCUT2D eigenvalue weighted by molar-refractivity contribution is 7.18. The monoisotopic (exact) mass is 355 g/mol. The molecule has 2 heterocycles. The summed E-state index contributed by atoms with van der Waals surface area (Å²) >= 11 is 12.9. The Balaban J connectivity index is 2.00. The van der Waals surface area contributed by atoms with E-state index < -0.39 is 11.5 Å². The van der Waals surface area contributed by atoms with E-state index in [0.29, 0.717) is 25.5 Å². The van der Waals surface area contributed by atoms with E-state index >= 15 is 0 Å². The summed E-state index contributed by atoms with van der Waals surface area (Å²) in [6.07, 6.45) is -0.347. The Labute approximate surface area is 140 Å². The smallest absolute Gasteiger partial charge is 0.263 e. The minimum Gasteiger partial charge on any atom is -0.375 e. The molecular formula is C15H11Cl2NO3S. The summed E-state index contributed by atoms with van der Waals surface area (Å²) in [5, 5.41) is 11.2. The second kappa shape index (κ2) is 5.35. The zero-order valence-corrected chi connectivity index (χ0v) is 13.8. The molecule has 22 heavy (non-hydrogen) atoms. The first-order valence-corrected chi connectivity index (χ1v) is 7.99. The zero-order chi connectivity index (χ0) is 16.1. The molecule has 7 heteroatoms. The number of hydrogen-bond acceptors (Lipinski definition) is 4. The third-order valence-corrected chi connectivity index (χ3v) is 5.20. The molecule has 1 amide bonds. The van der Waals surface area contributed by atoms with Gasteiger partial charge in [0.05, 0.1) is 21.3 Å². The molecule has 0 fully saturated rings. The average molecular weight is 356 g/mol.